The van der Waals surface area contributed by atoms with Gasteiger partial charge < -0.3 is 10.1 Å². The van der Waals surface area contributed by atoms with Crippen LogP contribution in [0.5, 0.6) is 0 Å². The lowest BCUT2D eigenvalue weighted by atomic mass is 9.98. The molecular formula is C12H17BrClN3O. The molecule has 0 spiro atoms. The molecule has 0 aromatic carbocycles. The van der Waals surface area contributed by atoms with Gasteiger partial charge in [-0.2, -0.15) is 0 Å². The monoisotopic (exact) mass is 333 g/mol. The van der Waals surface area contributed by atoms with E-state index < -0.39 is 0 Å². The van der Waals surface area contributed by atoms with Gasteiger partial charge in [0, 0.05) is 6.54 Å². The minimum atomic E-state index is 0.417. The van der Waals surface area contributed by atoms with Gasteiger partial charge in [0.15, 0.2) is 0 Å². The average molecular weight is 335 g/mol. The predicted octanol–water partition coefficient (Wildman–Crippen LogP) is 3.65. The molecule has 0 aliphatic heterocycles. The number of ether oxygens (including phenoxy) is 1. The number of aromatic nitrogens is 2. The Morgan fingerprint density at radius 2 is 2.11 bits per heavy atom. The van der Waals surface area contributed by atoms with Crippen LogP contribution in [0.25, 0.3) is 0 Å². The van der Waals surface area contributed by atoms with Crippen LogP contribution in [0.4, 0.5) is 5.82 Å². The Bertz CT molecular complexity index is 386. The van der Waals surface area contributed by atoms with Crippen LogP contribution in [0.1, 0.15) is 32.1 Å². The van der Waals surface area contributed by atoms with Gasteiger partial charge >= 0.3 is 0 Å². The zero-order chi connectivity index (χ0) is 12.8. The maximum absolute atomic E-state index is 5.88. The molecule has 6 heteroatoms. The fourth-order valence-corrected chi connectivity index (χ4v) is 2.58. The molecule has 2 rings (SSSR count). The van der Waals surface area contributed by atoms with Crippen molar-refractivity contribution in [1.82, 2.24) is 9.97 Å². The van der Waals surface area contributed by atoms with E-state index in [9.17, 15) is 0 Å². The maximum Gasteiger partial charge on any atom is 0.148 e. The second-order valence-corrected chi connectivity index (χ2v) is 5.54. The summed E-state index contributed by atoms with van der Waals surface area (Å²) in [7, 11) is 0. The van der Waals surface area contributed by atoms with E-state index in [1.807, 2.05) is 0 Å². The smallest absolute Gasteiger partial charge is 0.148 e. The third-order valence-corrected chi connectivity index (χ3v) is 4.31. The molecule has 4 nitrogen and oxygen atoms in total. The predicted molar refractivity (Wildman–Crippen MR) is 76.1 cm³/mol. The van der Waals surface area contributed by atoms with E-state index in [-0.39, 0.29) is 0 Å². The van der Waals surface area contributed by atoms with Crippen molar-refractivity contribution in [3.63, 3.8) is 0 Å². The normalized spacial score (nSPS) is 16.8. The van der Waals surface area contributed by atoms with Gasteiger partial charge in [-0.25, -0.2) is 9.97 Å². The third-order valence-electron chi connectivity index (χ3n) is 3.05. The van der Waals surface area contributed by atoms with Crippen molar-refractivity contribution >= 4 is 33.3 Å². The first-order valence-corrected chi connectivity index (χ1v) is 7.46. The number of rotatable bonds is 5. The lowest BCUT2D eigenvalue weighted by molar-refractivity contribution is 0.0347. The molecule has 1 aromatic heterocycles. The topological polar surface area (TPSA) is 47.0 Å². The zero-order valence-electron chi connectivity index (χ0n) is 10.2. The number of anilines is 1. The molecule has 1 fully saturated rings. The van der Waals surface area contributed by atoms with Crippen molar-refractivity contribution in [2.24, 2.45) is 0 Å². The molecule has 0 bridgehead atoms. The summed E-state index contributed by atoms with van der Waals surface area (Å²) in [6, 6.07) is 0. The second kappa shape index (κ2) is 7.26. The molecule has 1 N–H and O–H groups in total. The SMILES string of the molecule is Clc1ncnc(NCCOC2CCCCC2)c1Br. The molecule has 0 saturated heterocycles. The van der Waals surface area contributed by atoms with Gasteiger partial charge in [-0.1, -0.05) is 30.9 Å². The van der Waals surface area contributed by atoms with Crippen molar-refractivity contribution in [1.29, 1.82) is 0 Å². The Morgan fingerprint density at radius 3 is 2.89 bits per heavy atom. The van der Waals surface area contributed by atoms with Crippen molar-refractivity contribution < 1.29 is 4.74 Å². The van der Waals surface area contributed by atoms with Crippen molar-refractivity contribution in [2.45, 2.75) is 38.2 Å². The quantitative estimate of drug-likeness (QED) is 0.659. The van der Waals surface area contributed by atoms with Crippen LogP contribution >= 0.6 is 27.5 Å². The molecule has 0 unspecified atom stereocenters. The average Bonchev–Trinajstić information content (AvgIpc) is 2.40. The van der Waals surface area contributed by atoms with Gasteiger partial charge in [-0.15, -0.1) is 0 Å². The second-order valence-electron chi connectivity index (χ2n) is 4.38. The van der Waals surface area contributed by atoms with Gasteiger partial charge in [0.05, 0.1) is 17.2 Å². The lowest BCUT2D eigenvalue weighted by Crippen LogP contribution is -2.20. The highest BCUT2D eigenvalue weighted by Crippen LogP contribution is 2.25. The first-order valence-electron chi connectivity index (χ1n) is 6.29. The minimum Gasteiger partial charge on any atom is -0.376 e. The zero-order valence-corrected chi connectivity index (χ0v) is 12.5. The van der Waals surface area contributed by atoms with Gasteiger partial charge in [-0.05, 0) is 28.8 Å². The van der Waals surface area contributed by atoms with E-state index in [0.29, 0.717) is 28.2 Å². The van der Waals surface area contributed by atoms with Crippen LogP contribution in [0.3, 0.4) is 0 Å². The highest BCUT2D eigenvalue weighted by Gasteiger charge is 2.13. The Kier molecular flexibility index (Phi) is 5.66. The number of nitrogens with zero attached hydrogens (tertiary/aromatic N) is 2. The number of nitrogens with one attached hydrogen (secondary N) is 1. The summed E-state index contributed by atoms with van der Waals surface area (Å²) >= 11 is 9.23. The summed E-state index contributed by atoms with van der Waals surface area (Å²) in [5.74, 6) is 0.710. The standard InChI is InChI=1S/C12H17BrClN3O/c13-10-11(14)16-8-17-12(10)15-6-7-18-9-4-2-1-3-5-9/h8-9H,1-7H2,(H,15,16,17). The van der Waals surface area contributed by atoms with E-state index in [1.54, 1.807) is 0 Å². The fourth-order valence-electron chi connectivity index (χ4n) is 2.10. The molecule has 0 atom stereocenters. The molecule has 100 valence electrons. The summed E-state index contributed by atoms with van der Waals surface area (Å²) in [5.41, 5.74) is 0. The molecule has 1 saturated carbocycles. The van der Waals surface area contributed by atoms with Crippen molar-refractivity contribution in [3.8, 4) is 0 Å². The molecule has 1 aliphatic rings. The van der Waals surface area contributed by atoms with E-state index in [0.717, 1.165) is 6.54 Å². The van der Waals surface area contributed by atoms with Crippen LogP contribution in [0, 0.1) is 0 Å². The van der Waals surface area contributed by atoms with Crippen LogP contribution in [-0.4, -0.2) is 29.2 Å². The molecule has 1 aromatic rings. The van der Waals surface area contributed by atoms with Gasteiger partial charge in [0.1, 0.15) is 17.3 Å². The first kappa shape index (κ1) is 14.0. The maximum atomic E-state index is 5.88. The largest absolute Gasteiger partial charge is 0.376 e. The van der Waals surface area contributed by atoms with E-state index in [1.165, 1.54) is 38.4 Å². The molecular weight excluding hydrogens is 318 g/mol. The lowest BCUT2D eigenvalue weighted by Gasteiger charge is -2.22. The highest BCUT2D eigenvalue weighted by atomic mass is 79.9. The third kappa shape index (κ3) is 4.07. The van der Waals surface area contributed by atoms with Crippen LogP contribution < -0.4 is 5.32 Å². The Morgan fingerprint density at radius 1 is 1.33 bits per heavy atom. The minimum absolute atomic E-state index is 0.417. The summed E-state index contributed by atoms with van der Waals surface area (Å²) in [6.07, 6.45) is 8.22. The molecule has 1 heterocycles. The van der Waals surface area contributed by atoms with E-state index in [4.69, 9.17) is 16.3 Å². The number of hydrogen-bond acceptors (Lipinski definition) is 4. The molecule has 18 heavy (non-hydrogen) atoms. The summed E-state index contributed by atoms with van der Waals surface area (Å²) < 4.78 is 6.52. The van der Waals surface area contributed by atoms with Gasteiger partial charge in [0.2, 0.25) is 0 Å². The Labute approximate surface area is 121 Å². The van der Waals surface area contributed by atoms with Crippen molar-refractivity contribution in [2.75, 3.05) is 18.5 Å². The molecule has 0 radical (unpaired) electrons. The molecule has 1 aliphatic carbocycles. The Balaban J connectivity index is 1.70. The van der Waals surface area contributed by atoms with Gasteiger partial charge in [0.25, 0.3) is 0 Å². The molecule has 0 amide bonds. The summed E-state index contributed by atoms with van der Waals surface area (Å²) in [5, 5.41) is 3.60. The van der Waals surface area contributed by atoms with Gasteiger partial charge in [-0.3, -0.25) is 0 Å². The number of hydrogen-bond donors (Lipinski definition) is 1. The Hall–Kier alpha value is -0.390. The van der Waals surface area contributed by atoms with Crippen molar-refractivity contribution in [3.05, 3.63) is 16.0 Å². The van der Waals surface area contributed by atoms with Crippen LogP contribution in [0.2, 0.25) is 5.15 Å². The summed E-state index contributed by atoms with van der Waals surface area (Å²) in [4.78, 5) is 7.99. The van der Waals surface area contributed by atoms with E-state index >= 15 is 0 Å². The summed E-state index contributed by atoms with van der Waals surface area (Å²) in [6.45, 7) is 1.42. The number of halogens is 2. The highest BCUT2D eigenvalue weighted by molar-refractivity contribution is 9.10. The fraction of sp³-hybridized carbons (Fsp3) is 0.667. The first-order chi connectivity index (χ1) is 8.77. The van der Waals surface area contributed by atoms with Crippen LogP contribution in [0.15, 0.2) is 10.8 Å². The van der Waals surface area contributed by atoms with Crippen LogP contribution in [-0.2, 0) is 4.74 Å². The van der Waals surface area contributed by atoms with E-state index in [2.05, 4.69) is 31.2 Å².